The fraction of sp³-hybridized carbons (Fsp3) is 0.273. The largest absolute Gasteiger partial charge is 0.496 e. The number of ether oxygens (including phenoxy) is 1. The summed E-state index contributed by atoms with van der Waals surface area (Å²) in [5.74, 6) is 1.69. The minimum absolute atomic E-state index is 0.0442. The minimum Gasteiger partial charge on any atom is -0.496 e. The number of anilines is 1. The van der Waals surface area contributed by atoms with Gasteiger partial charge in [0.15, 0.2) is 5.65 Å². The molecule has 1 fully saturated rings. The first-order valence-corrected chi connectivity index (χ1v) is 9.90. The average molecular weight is 402 g/mol. The summed E-state index contributed by atoms with van der Waals surface area (Å²) in [6, 6.07) is 11.6. The van der Waals surface area contributed by atoms with E-state index in [1.165, 1.54) is 0 Å². The second kappa shape index (κ2) is 7.29. The lowest BCUT2D eigenvalue weighted by Crippen LogP contribution is -2.49. The number of hydrogen-bond acceptors (Lipinski definition) is 6. The molecule has 152 valence electrons. The van der Waals surface area contributed by atoms with Gasteiger partial charge in [0.05, 0.1) is 18.7 Å². The van der Waals surface area contributed by atoms with Gasteiger partial charge in [0, 0.05) is 44.2 Å². The van der Waals surface area contributed by atoms with Crippen LogP contribution in [0.4, 0.5) is 5.82 Å². The molecule has 2 aromatic heterocycles. The van der Waals surface area contributed by atoms with E-state index >= 15 is 0 Å². The van der Waals surface area contributed by atoms with Gasteiger partial charge in [-0.2, -0.15) is 5.10 Å². The summed E-state index contributed by atoms with van der Waals surface area (Å²) in [7, 11) is 3.52. The lowest BCUT2D eigenvalue weighted by Gasteiger charge is -2.35. The van der Waals surface area contributed by atoms with Gasteiger partial charge in [0.25, 0.3) is 5.91 Å². The minimum atomic E-state index is 0.0442. The molecule has 1 aliphatic rings. The molecule has 0 radical (unpaired) electrons. The zero-order chi connectivity index (χ0) is 20.7. The van der Waals surface area contributed by atoms with Crippen molar-refractivity contribution in [2.45, 2.75) is 0 Å². The third kappa shape index (κ3) is 2.92. The van der Waals surface area contributed by atoms with E-state index in [9.17, 15) is 4.79 Å². The highest BCUT2D eigenvalue weighted by Gasteiger charge is 2.25. The molecule has 0 spiro atoms. The molecule has 0 N–H and O–H groups in total. The Bertz CT molecular complexity index is 1240. The summed E-state index contributed by atoms with van der Waals surface area (Å²) >= 11 is 0. The molecular formula is C22H22N6O2. The van der Waals surface area contributed by atoms with Gasteiger partial charge in [-0.1, -0.05) is 24.3 Å². The molecular weight excluding hydrogens is 380 g/mol. The number of fused-ring (bicyclic) bond motifs is 2. The van der Waals surface area contributed by atoms with Crippen LogP contribution in [0.15, 0.2) is 48.9 Å². The molecule has 0 bridgehead atoms. The van der Waals surface area contributed by atoms with Crippen molar-refractivity contribution in [3.05, 3.63) is 54.5 Å². The van der Waals surface area contributed by atoms with E-state index in [0.29, 0.717) is 31.7 Å². The predicted octanol–water partition coefficient (Wildman–Crippen LogP) is 2.49. The zero-order valence-electron chi connectivity index (χ0n) is 16.9. The van der Waals surface area contributed by atoms with Crippen molar-refractivity contribution in [2.24, 2.45) is 7.05 Å². The predicted molar refractivity (Wildman–Crippen MR) is 115 cm³/mol. The standard InChI is InChI=1S/C22H22N6O2/c1-26-20-18(13-25-26)21(24-14-23-20)27-9-11-28(12-10-27)22(29)17-7-8-19(30-2)16-6-4-3-5-15(16)17/h3-8,13-14H,9-12H2,1-2H3. The first-order valence-electron chi connectivity index (χ1n) is 9.90. The van der Waals surface area contributed by atoms with Crippen LogP contribution < -0.4 is 9.64 Å². The van der Waals surface area contributed by atoms with Crippen LogP contribution >= 0.6 is 0 Å². The molecule has 1 amide bonds. The summed E-state index contributed by atoms with van der Waals surface area (Å²) in [6.45, 7) is 2.68. The maximum absolute atomic E-state index is 13.3. The Balaban J connectivity index is 1.38. The van der Waals surface area contributed by atoms with Crippen molar-refractivity contribution in [2.75, 3.05) is 38.2 Å². The summed E-state index contributed by atoms with van der Waals surface area (Å²) in [5, 5.41) is 7.08. The molecule has 8 heteroatoms. The molecule has 4 aromatic rings. The van der Waals surface area contributed by atoms with E-state index < -0.39 is 0 Å². The van der Waals surface area contributed by atoms with Crippen LogP contribution in [0.1, 0.15) is 10.4 Å². The smallest absolute Gasteiger partial charge is 0.254 e. The van der Waals surface area contributed by atoms with Crippen molar-refractivity contribution in [3.63, 3.8) is 0 Å². The summed E-state index contributed by atoms with van der Waals surface area (Å²) < 4.78 is 7.20. The number of methoxy groups -OCH3 is 1. The Hall–Kier alpha value is -3.68. The summed E-state index contributed by atoms with van der Waals surface area (Å²) in [5.41, 5.74) is 1.51. The summed E-state index contributed by atoms with van der Waals surface area (Å²) in [4.78, 5) is 26.2. The van der Waals surface area contributed by atoms with E-state index in [0.717, 1.165) is 33.4 Å². The molecule has 3 heterocycles. The molecule has 2 aromatic carbocycles. The highest BCUT2D eigenvalue weighted by atomic mass is 16.5. The number of rotatable bonds is 3. The Morgan fingerprint density at radius 1 is 0.967 bits per heavy atom. The molecule has 0 atom stereocenters. The van der Waals surface area contributed by atoms with Crippen molar-refractivity contribution in [3.8, 4) is 5.75 Å². The number of aromatic nitrogens is 4. The first-order chi connectivity index (χ1) is 14.7. The first kappa shape index (κ1) is 18.4. The normalized spacial score (nSPS) is 14.5. The van der Waals surface area contributed by atoms with Crippen molar-refractivity contribution < 1.29 is 9.53 Å². The van der Waals surface area contributed by atoms with Gasteiger partial charge < -0.3 is 14.5 Å². The van der Waals surface area contributed by atoms with Crippen molar-refractivity contribution in [1.29, 1.82) is 0 Å². The van der Waals surface area contributed by atoms with E-state index in [2.05, 4.69) is 20.0 Å². The third-order valence-electron chi connectivity index (χ3n) is 5.71. The average Bonchev–Trinajstić information content (AvgIpc) is 3.19. The van der Waals surface area contributed by atoms with Crippen molar-refractivity contribution in [1.82, 2.24) is 24.6 Å². The number of carbonyl (C=O) groups excluding carboxylic acids is 1. The van der Waals surface area contributed by atoms with Crippen LogP contribution in [0.3, 0.4) is 0 Å². The molecule has 0 unspecified atom stereocenters. The van der Waals surface area contributed by atoms with Crippen LogP contribution in [0.25, 0.3) is 21.8 Å². The lowest BCUT2D eigenvalue weighted by atomic mass is 10.0. The van der Waals surface area contributed by atoms with E-state index in [4.69, 9.17) is 4.74 Å². The number of hydrogen-bond donors (Lipinski definition) is 0. The molecule has 0 saturated carbocycles. The Labute approximate surface area is 173 Å². The Morgan fingerprint density at radius 2 is 1.73 bits per heavy atom. The molecule has 1 aliphatic heterocycles. The van der Waals surface area contributed by atoms with Crippen molar-refractivity contribution >= 4 is 33.5 Å². The second-order valence-electron chi connectivity index (χ2n) is 7.34. The molecule has 1 saturated heterocycles. The number of piperazine rings is 1. The van der Waals surface area contributed by atoms with Crippen LogP contribution in [-0.4, -0.2) is 63.8 Å². The van der Waals surface area contributed by atoms with E-state index in [1.54, 1.807) is 24.3 Å². The van der Waals surface area contributed by atoms with Gasteiger partial charge in [-0.15, -0.1) is 0 Å². The quantitative estimate of drug-likeness (QED) is 0.524. The molecule has 0 aliphatic carbocycles. The van der Waals surface area contributed by atoms with Crippen LogP contribution in [0.2, 0.25) is 0 Å². The van der Waals surface area contributed by atoms with Gasteiger partial charge in [-0.05, 0) is 17.5 Å². The molecule has 5 rings (SSSR count). The van der Waals surface area contributed by atoms with Crippen LogP contribution in [0.5, 0.6) is 5.75 Å². The Kier molecular flexibility index (Phi) is 4.46. The Morgan fingerprint density at radius 3 is 2.50 bits per heavy atom. The van der Waals surface area contributed by atoms with Crippen LogP contribution in [-0.2, 0) is 7.05 Å². The fourth-order valence-corrected chi connectivity index (χ4v) is 4.13. The van der Waals surface area contributed by atoms with Gasteiger partial charge in [0.2, 0.25) is 0 Å². The number of nitrogens with zero attached hydrogens (tertiary/aromatic N) is 6. The third-order valence-corrected chi connectivity index (χ3v) is 5.71. The monoisotopic (exact) mass is 402 g/mol. The van der Waals surface area contributed by atoms with Gasteiger partial charge in [-0.3, -0.25) is 9.48 Å². The number of carbonyl (C=O) groups is 1. The number of amides is 1. The SMILES string of the molecule is COc1ccc(C(=O)N2CCN(c3ncnc4c3cnn4C)CC2)c2ccccc12. The summed E-state index contributed by atoms with van der Waals surface area (Å²) in [6.07, 6.45) is 3.37. The zero-order valence-corrected chi connectivity index (χ0v) is 16.9. The molecule has 8 nitrogen and oxygen atoms in total. The second-order valence-corrected chi connectivity index (χ2v) is 7.34. The number of benzene rings is 2. The van der Waals surface area contributed by atoms with Gasteiger partial charge in [-0.25, -0.2) is 9.97 Å². The maximum atomic E-state index is 13.3. The number of aryl methyl sites for hydroxylation is 1. The lowest BCUT2D eigenvalue weighted by molar-refractivity contribution is 0.0748. The van der Waals surface area contributed by atoms with Crippen LogP contribution in [0, 0.1) is 0 Å². The maximum Gasteiger partial charge on any atom is 0.254 e. The van der Waals surface area contributed by atoms with E-state index in [-0.39, 0.29) is 5.91 Å². The highest BCUT2D eigenvalue weighted by Crippen LogP contribution is 2.30. The molecule has 30 heavy (non-hydrogen) atoms. The van der Waals surface area contributed by atoms with E-state index in [1.807, 2.05) is 48.3 Å². The highest BCUT2D eigenvalue weighted by molar-refractivity contribution is 6.08. The topological polar surface area (TPSA) is 76.4 Å². The fourth-order valence-electron chi connectivity index (χ4n) is 4.13. The van der Waals surface area contributed by atoms with Gasteiger partial charge >= 0.3 is 0 Å². The van der Waals surface area contributed by atoms with Gasteiger partial charge in [0.1, 0.15) is 17.9 Å².